The summed E-state index contributed by atoms with van der Waals surface area (Å²) in [6.07, 6.45) is 8.00. The van der Waals surface area contributed by atoms with Crippen molar-refractivity contribution in [2.45, 2.75) is 0 Å². The fourth-order valence-electron chi connectivity index (χ4n) is 0. The van der Waals surface area contributed by atoms with Gasteiger partial charge in [0, 0.05) is 0 Å². The monoisotopic (exact) mass is 150 g/mol. The second kappa shape index (κ2) is 35.7. The first kappa shape index (κ1) is 15.7. The van der Waals surface area contributed by atoms with Gasteiger partial charge in [-0.15, -0.1) is 12.8 Å². The second-order valence-corrected chi connectivity index (χ2v) is 0. The predicted octanol–water partition coefficient (Wildman–Crippen LogP) is -3.93. The SMILES string of the molecule is C#C.[H-].[Na+].[Na][AsH2]. The van der Waals surface area contributed by atoms with Crippen LogP contribution in [-0.4, -0.2) is 37.4 Å². The van der Waals surface area contributed by atoms with Gasteiger partial charge in [0.2, 0.25) is 0 Å². The van der Waals surface area contributed by atoms with E-state index in [1.165, 1.54) is 25.1 Å². The van der Waals surface area contributed by atoms with Crippen molar-refractivity contribution in [3.05, 3.63) is 0 Å². The molecular weight excluding hydrogens is 145 g/mol. The van der Waals surface area contributed by atoms with Gasteiger partial charge in [0.1, 0.15) is 0 Å². The van der Waals surface area contributed by atoms with Crippen molar-refractivity contribution in [2.24, 2.45) is 0 Å². The molecule has 0 radical (unpaired) electrons. The Hall–Kier alpha value is 2.12. The normalized spacial score (nSPS) is 1.80. The van der Waals surface area contributed by atoms with Crippen LogP contribution in [0.2, 0.25) is 0 Å². The molecule has 0 rings (SSSR count). The molecule has 0 aliphatic heterocycles. The summed E-state index contributed by atoms with van der Waals surface area (Å²) in [5, 5.41) is 0. The molecule has 0 amide bonds. The van der Waals surface area contributed by atoms with Gasteiger partial charge in [0.05, 0.1) is 0 Å². The molecule has 0 aromatic carbocycles. The van der Waals surface area contributed by atoms with Gasteiger partial charge in [0.25, 0.3) is 0 Å². The Kier molecular flexibility index (Phi) is 112. The standard InChI is InChI=1S/C2H2.AsH2.2Na.H/c1-2;;;;/h1-2H;1H2;;;/q;-1;2*+1;-1. The molecule has 0 saturated carbocycles. The molecule has 3 heteroatoms. The molecule has 0 aliphatic rings. The fourth-order valence-corrected chi connectivity index (χ4v) is 0. The first-order chi connectivity index (χ1) is 2.00. The molecule has 20 valence electrons. The van der Waals surface area contributed by atoms with Crippen LogP contribution in [0.3, 0.4) is 0 Å². The summed E-state index contributed by atoms with van der Waals surface area (Å²) < 4.78 is 0. The summed E-state index contributed by atoms with van der Waals surface area (Å²) in [6, 6.07) is 0. The third-order valence-corrected chi connectivity index (χ3v) is 0. The third kappa shape index (κ3) is 23.1. The molecule has 5 heavy (non-hydrogen) atoms. The summed E-state index contributed by atoms with van der Waals surface area (Å²) in [5.41, 5.74) is 0. The number of rotatable bonds is 0. The minimum atomic E-state index is 0. The molecule has 0 bridgehead atoms. The van der Waals surface area contributed by atoms with E-state index in [9.17, 15) is 0 Å². The van der Waals surface area contributed by atoms with E-state index < -0.39 is 0 Å². The van der Waals surface area contributed by atoms with Crippen molar-refractivity contribution in [1.29, 1.82) is 0 Å². The van der Waals surface area contributed by atoms with Crippen molar-refractivity contribution < 1.29 is 31.0 Å². The molecule has 0 heterocycles. The van der Waals surface area contributed by atoms with Gasteiger partial charge in [-0.1, -0.05) is 0 Å². The van der Waals surface area contributed by atoms with Crippen LogP contribution in [0.4, 0.5) is 0 Å². The first-order valence-corrected chi connectivity index (χ1v) is 9.33. The Labute approximate surface area is 79.7 Å². The van der Waals surface area contributed by atoms with Crippen molar-refractivity contribution >= 4 is 37.4 Å². The van der Waals surface area contributed by atoms with E-state index in [2.05, 4.69) is 12.8 Å². The van der Waals surface area contributed by atoms with Gasteiger partial charge < -0.3 is 1.43 Å². The van der Waals surface area contributed by atoms with Crippen LogP contribution in [0, 0.1) is 12.8 Å². The second-order valence-electron chi connectivity index (χ2n) is 0. The van der Waals surface area contributed by atoms with Crippen molar-refractivity contribution in [3.63, 3.8) is 0 Å². The van der Waals surface area contributed by atoms with Crippen LogP contribution in [0.25, 0.3) is 0 Å². The summed E-state index contributed by atoms with van der Waals surface area (Å²) in [7, 11) is 0. The van der Waals surface area contributed by atoms with E-state index in [1.54, 1.807) is 0 Å². The van der Waals surface area contributed by atoms with Crippen LogP contribution in [0.15, 0.2) is 0 Å². The van der Waals surface area contributed by atoms with Gasteiger partial charge >= 0.3 is 67.0 Å². The maximum absolute atomic E-state index is 4.00. The average Bonchev–Trinajstić information content (AvgIpc) is 1.50. The van der Waals surface area contributed by atoms with E-state index in [0.717, 1.165) is 0 Å². The average molecular weight is 150 g/mol. The molecule has 0 fully saturated rings. The molecule has 0 aromatic heterocycles. The van der Waals surface area contributed by atoms with Crippen LogP contribution in [0.5, 0.6) is 0 Å². The summed E-state index contributed by atoms with van der Waals surface area (Å²) >= 11 is 3.19. The zero-order valence-corrected chi connectivity index (χ0v) is 10.2. The van der Waals surface area contributed by atoms with E-state index in [0.29, 0.717) is 0 Å². The van der Waals surface area contributed by atoms with E-state index >= 15 is 0 Å². The Morgan fingerprint density at radius 3 is 1.40 bits per heavy atom. The Morgan fingerprint density at radius 1 is 1.40 bits per heavy atom. The maximum atomic E-state index is 4.00. The number of terminal acetylenes is 1. The molecule has 0 aromatic rings. The first-order valence-electron chi connectivity index (χ1n) is 0.911. The molecule has 0 spiro atoms. The van der Waals surface area contributed by atoms with Gasteiger partial charge in [0.15, 0.2) is 0 Å². The Bertz CT molecular complexity index is 16.3. The molecule has 0 N–H and O–H groups in total. The fraction of sp³-hybridized carbons (Fsp3) is 0. The van der Waals surface area contributed by atoms with Crippen LogP contribution < -0.4 is 29.6 Å². The molecular formula is C2H5AsNa2. The molecule has 0 nitrogen and oxygen atoms in total. The topological polar surface area (TPSA) is 0 Å². The summed E-state index contributed by atoms with van der Waals surface area (Å²) in [4.78, 5) is 0. The zero-order valence-electron chi connectivity index (χ0n) is 4.73. The third-order valence-electron chi connectivity index (χ3n) is 0. The molecule has 0 aliphatic carbocycles. The Morgan fingerprint density at radius 2 is 1.40 bits per heavy atom. The number of hydrogen-bond donors (Lipinski definition) is 0. The summed E-state index contributed by atoms with van der Waals surface area (Å²) in [6.45, 7) is 0. The van der Waals surface area contributed by atoms with Crippen LogP contribution in [-0.2, 0) is 0 Å². The number of hydrogen-bond acceptors (Lipinski definition) is 0. The minimum absolute atomic E-state index is 0. The Balaban J connectivity index is -0.00000000500. The zero-order chi connectivity index (χ0) is 4.00. The summed E-state index contributed by atoms with van der Waals surface area (Å²) in [5.74, 6) is 0. The van der Waals surface area contributed by atoms with Crippen LogP contribution >= 0.6 is 0 Å². The predicted molar refractivity (Wildman–Crippen MR) is 25.3 cm³/mol. The molecule has 1 atom stereocenters. The van der Waals surface area contributed by atoms with Crippen molar-refractivity contribution in [3.8, 4) is 12.8 Å². The van der Waals surface area contributed by atoms with E-state index in [-0.39, 0.29) is 31.0 Å². The van der Waals surface area contributed by atoms with E-state index in [4.69, 9.17) is 0 Å². The van der Waals surface area contributed by atoms with Gasteiger partial charge in [-0.05, 0) is 0 Å². The van der Waals surface area contributed by atoms with Gasteiger partial charge in [-0.25, -0.2) is 0 Å². The quantitative estimate of drug-likeness (QED) is 0.244. The van der Waals surface area contributed by atoms with Gasteiger partial charge in [-0.3, -0.25) is 0 Å². The molecule has 0 saturated heterocycles. The van der Waals surface area contributed by atoms with Gasteiger partial charge in [-0.2, -0.15) is 0 Å². The molecule has 1 unspecified atom stereocenters. The van der Waals surface area contributed by atoms with Crippen molar-refractivity contribution in [1.82, 2.24) is 0 Å². The van der Waals surface area contributed by atoms with Crippen molar-refractivity contribution in [2.75, 3.05) is 0 Å². The van der Waals surface area contributed by atoms with E-state index in [1.807, 2.05) is 12.3 Å². The van der Waals surface area contributed by atoms with Crippen LogP contribution in [0.1, 0.15) is 1.43 Å².